The first kappa shape index (κ1) is 31.6. The van der Waals surface area contributed by atoms with E-state index < -0.39 is 0 Å². The van der Waals surface area contributed by atoms with E-state index in [-0.39, 0.29) is 0 Å². The molecule has 0 bridgehead atoms. The summed E-state index contributed by atoms with van der Waals surface area (Å²) in [6.07, 6.45) is 0. The van der Waals surface area contributed by atoms with Crippen LogP contribution >= 0.6 is 0 Å². The Labute approximate surface area is 314 Å². The van der Waals surface area contributed by atoms with Crippen molar-refractivity contribution in [2.45, 2.75) is 0 Å². The van der Waals surface area contributed by atoms with Gasteiger partial charge >= 0.3 is 0 Å². The van der Waals surface area contributed by atoms with Crippen molar-refractivity contribution >= 4 is 49.8 Å². The quantitative estimate of drug-likeness (QED) is 0.166. The molecule has 1 aromatic heterocycles. The lowest BCUT2D eigenvalue weighted by Gasteiger charge is -2.26. The molecule has 1 heterocycles. The topological polar surface area (TPSA) is 16.4 Å². The van der Waals surface area contributed by atoms with E-state index in [1.54, 1.807) is 0 Å². The largest absolute Gasteiger partial charge is 0.455 e. The Hall–Kier alpha value is -7.16. The molecule has 0 unspecified atom stereocenters. The van der Waals surface area contributed by atoms with E-state index in [1.165, 1.54) is 33.0 Å². The van der Waals surface area contributed by atoms with Crippen LogP contribution in [-0.4, -0.2) is 0 Å². The van der Waals surface area contributed by atoms with Gasteiger partial charge in [0.15, 0.2) is 0 Å². The third kappa shape index (κ3) is 5.81. The van der Waals surface area contributed by atoms with E-state index in [1.807, 2.05) is 6.07 Å². The Morgan fingerprint density at radius 2 is 0.778 bits per heavy atom. The van der Waals surface area contributed by atoms with Crippen LogP contribution in [0.25, 0.3) is 77.2 Å². The number of para-hydroxylation sites is 1. The summed E-state index contributed by atoms with van der Waals surface area (Å²) in [6, 6.07) is 75.8. The van der Waals surface area contributed by atoms with Crippen LogP contribution in [0.15, 0.2) is 217 Å². The third-order valence-electron chi connectivity index (χ3n) is 10.5. The molecule has 0 radical (unpaired) electrons. The van der Waals surface area contributed by atoms with Crippen LogP contribution in [0.3, 0.4) is 0 Å². The van der Waals surface area contributed by atoms with Gasteiger partial charge in [0, 0.05) is 33.4 Å². The van der Waals surface area contributed by atoms with E-state index in [0.717, 1.165) is 61.3 Å². The summed E-state index contributed by atoms with van der Waals surface area (Å²) in [5.41, 5.74) is 14.5. The molecule has 0 spiro atoms. The van der Waals surface area contributed by atoms with Crippen molar-refractivity contribution in [3.05, 3.63) is 212 Å². The Balaban J connectivity index is 1.01. The number of nitrogens with zero attached hydrogens (tertiary/aromatic N) is 1. The fourth-order valence-corrected chi connectivity index (χ4v) is 7.68. The standard InChI is InChI=1S/C52H35NO/c1-3-10-36(11-4-1)38-20-27-45(28-21-38)53(46-29-22-39(23-30-46)43-19-18-37-12-7-8-15-42(37)34-43)47-31-24-40(25-32-47)44-26-33-51-50(35-44)49-17-9-16-48(52(49)54-51)41-13-5-2-6-14-41/h1-35H. The van der Waals surface area contributed by atoms with Crippen LogP contribution in [0.2, 0.25) is 0 Å². The molecule has 0 aliphatic rings. The van der Waals surface area contributed by atoms with Gasteiger partial charge in [-0.25, -0.2) is 0 Å². The summed E-state index contributed by atoms with van der Waals surface area (Å²) in [6.45, 7) is 0. The molecule has 54 heavy (non-hydrogen) atoms. The number of rotatable bonds is 7. The molecule has 2 heteroatoms. The zero-order valence-corrected chi connectivity index (χ0v) is 29.6. The predicted molar refractivity (Wildman–Crippen MR) is 228 cm³/mol. The third-order valence-corrected chi connectivity index (χ3v) is 10.5. The maximum absolute atomic E-state index is 6.46. The lowest BCUT2D eigenvalue weighted by atomic mass is 9.99. The molecule has 0 saturated carbocycles. The molecule has 2 nitrogen and oxygen atoms in total. The molecule has 9 aromatic carbocycles. The highest BCUT2D eigenvalue weighted by Crippen LogP contribution is 2.40. The van der Waals surface area contributed by atoms with Crippen LogP contribution < -0.4 is 4.90 Å². The molecule has 0 atom stereocenters. The van der Waals surface area contributed by atoms with Gasteiger partial charge in [0.05, 0.1) is 0 Å². The fraction of sp³-hybridized carbons (Fsp3) is 0. The highest BCUT2D eigenvalue weighted by atomic mass is 16.3. The van der Waals surface area contributed by atoms with E-state index >= 15 is 0 Å². The molecule has 0 fully saturated rings. The van der Waals surface area contributed by atoms with Crippen LogP contribution in [0.1, 0.15) is 0 Å². The van der Waals surface area contributed by atoms with E-state index in [2.05, 4.69) is 211 Å². The second-order valence-corrected chi connectivity index (χ2v) is 13.8. The summed E-state index contributed by atoms with van der Waals surface area (Å²) in [7, 11) is 0. The molecule has 0 saturated heterocycles. The van der Waals surface area contributed by atoms with Crippen LogP contribution in [-0.2, 0) is 0 Å². The second kappa shape index (κ2) is 13.4. The summed E-state index contributed by atoms with van der Waals surface area (Å²) in [4.78, 5) is 2.33. The Morgan fingerprint density at radius 3 is 1.41 bits per heavy atom. The summed E-state index contributed by atoms with van der Waals surface area (Å²) in [5, 5.41) is 4.75. The maximum atomic E-state index is 6.46. The SMILES string of the molecule is c1ccc(-c2ccc(N(c3ccc(-c4ccc5ccccc5c4)cc3)c3ccc(-c4ccc5oc6c(-c7ccccc7)cccc6c5c4)cc3)cc2)cc1. The van der Waals surface area contributed by atoms with Crippen molar-refractivity contribution in [2.24, 2.45) is 0 Å². The minimum atomic E-state index is 0.894. The lowest BCUT2D eigenvalue weighted by Crippen LogP contribution is -2.09. The van der Waals surface area contributed by atoms with Crippen molar-refractivity contribution in [2.75, 3.05) is 4.90 Å². The van der Waals surface area contributed by atoms with Gasteiger partial charge in [0.2, 0.25) is 0 Å². The summed E-state index contributed by atoms with van der Waals surface area (Å²) >= 11 is 0. The molecule has 254 valence electrons. The average Bonchev–Trinajstić information content (AvgIpc) is 3.63. The highest BCUT2D eigenvalue weighted by Gasteiger charge is 2.16. The second-order valence-electron chi connectivity index (χ2n) is 13.8. The Morgan fingerprint density at radius 1 is 0.296 bits per heavy atom. The number of hydrogen-bond acceptors (Lipinski definition) is 2. The Bertz CT molecular complexity index is 2890. The number of furan rings is 1. The van der Waals surface area contributed by atoms with Crippen molar-refractivity contribution in [3.8, 4) is 44.5 Å². The normalized spacial score (nSPS) is 11.3. The lowest BCUT2D eigenvalue weighted by molar-refractivity contribution is 0.670. The van der Waals surface area contributed by atoms with Gasteiger partial charge in [-0.15, -0.1) is 0 Å². The van der Waals surface area contributed by atoms with Gasteiger partial charge in [0.25, 0.3) is 0 Å². The first-order chi connectivity index (χ1) is 26.7. The van der Waals surface area contributed by atoms with Gasteiger partial charge in [-0.05, 0) is 104 Å². The summed E-state index contributed by atoms with van der Waals surface area (Å²) in [5.74, 6) is 0. The fourth-order valence-electron chi connectivity index (χ4n) is 7.68. The maximum Gasteiger partial charge on any atom is 0.143 e. The van der Waals surface area contributed by atoms with Crippen molar-refractivity contribution in [1.82, 2.24) is 0 Å². The smallest absolute Gasteiger partial charge is 0.143 e. The van der Waals surface area contributed by atoms with Gasteiger partial charge in [0.1, 0.15) is 11.2 Å². The predicted octanol–water partition coefficient (Wildman–Crippen LogP) is 14.9. The van der Waals surface area contributed by atoms with Crippen LogP contribution in [0.4, 0.5) is 17.1 Å². The first-order valence-electron chi connectivity index (χ1n) is 18.4. The minimum Gasteiger partial charge on any atom is -0.455 e. The molecular weight excluding hydrogens is 655 g/mol. The number of fused-ring (bicyclic) bond motifs is 4. The number of benzene rings is 9. The zero-order chi connectivity index (χ0) is 35.8. The first-order valence-corrected chi connectivity index (χ1v) is 18.4. The number of anilines is 3. The molecular formula is C52H35NO. The van der Waals surface area contributed by atoms with Gasteiger partial charge in [-0.3, -0.25) is 0 Å². The molecule has 0 aliphatic carbocycles. The monoisotopic (exact) mass is 689 g/mol. The van der Waals surface area contributed by atoms with Crippen LogP contribution in [0.5, 0.6) is 0 Å². The molecule has 10 rings (SSSR count). The van der Waals surface area contributed by atoms with Gasteiger partial charge in [-0.2, -0.15) is 0 Å². The highest BCUT2D eigenvalue weighted by molar-refractivity contribution is 6.10. The molecule has 10 aromatic rings. The van der Waals surface area contributed by atoms with E-state index in [9.17, 15) is 0 Å². The van der Waals surface area contributed by atoms with Gasteiger partial charge in [-0.1, -0.05) is 158 Å². The number of hydrogen-bond donors (Lipinski definition) is 0. The van der Waals surface area contributed by atoms with Crippen molar-refractivity contribution < 1.29 is 4.42 Å². The van der Waals surface area contributed by atoms with Crippen molar-refractivity contribution in [3.63, 3.8) is 0 Å². The Kier molecular flexibility index (Phi) is 7.85. The molecule has 0 amide bonds. The molecule has 0 aliphatic heterocycles. The summed E-state index contributed by atoms with van der Waals surface area (Å²) < 4.78 is 6.46. The van der Waals surface area contributed by atoms with Crippen molar-refractivity contribution in [1.29, 1.82) is 0 Å². The molecule has 0 N–H and O–H groups in total. The average molecular weight is 690 g/mol. The van der Waals surface area contributed by atoms with Gasteiger partial charge < -0.3 is 9.32 Å². The van der Waals surface area contributed by atoms with Crippen LogP contribution in [0, 0.1) is 0 Å². The zero-order valence-electron chi connectivity index (χ0n) is 29.6. The van der Waals surface area contributed by atoms with E-state index in [0.29, 0.717) is 0 Å². The minimum absolute atomic E-state index is 0.894. The van der Waals surface area contributed by atoms with E-state index in [4.69, 9.17) is 4.42 Å².